The Bertz CT molecular complexity index is 542. The number of hydrogen-bond acceptors (Lipinski definition) is 1. The highest BCUT2D eigenvalue weighted by Gasteiger charge is 2.20. The van der Waals surface area contributed by atoms with E-state index in [2.05, 4.69) is 66.4 Å². The first kappa shape index (κ1) is 13.2. The van der Waals surface area contributed by atoms with E-state index in [1.54, 1.807) is 4.90 Å². The number of benzene rings is 2. The molecule has 104 valence electrons. The van der Waals surface area contributed by atoms with Crippen molar-refractivity contribution < 1.29 is 4.90 Å². The number of nitrogens with zero attached hydrogens (tertiary/aromatic N) is 1. The number of hydrogen-bond donors (Lipinski definition) is 1. The Morgan fingerprint density at radius 1 is 0.900 bits per heavy atom. The van der Waals surface area contributed by atoms with E-state index >= 15 is 0 Å². The Kier molecular flexibility index (Phi) is 4.03. The Hall–Kier alpha value is -1.80. The molecule has 1 fully saturated rings. The minimum Gasteiger partial charge on any atom is -0.360 e. The first-order valence-electron chi connectivity index (χ1n) is 7.51. The summed E-state index contributed by atoms with van der Waals surface area (Å²) in [6.45, 7) is 8.13. The third-order valence-electron chi connectivity index (χ3n) is 4.22. The fourth-order valence-electron chi connectivity index (χ4n) is 3.04. The van der Waals surface area contributed by atoms with Crippen LogP contribution in [-0.4, -0.2) is 26.2 Å². The summed E-state index contributed by atoms with van der Waals surface area (Å²) in [7, 11) is 0. The largest absolute Gasteiger partial charge is 0.360 e. The molecule has 1 aliphatic heterocycles. The van der Waals surface area contributed by atoms with Crippen LogP contribution in [0.4, 0.5) is 5.69 Å². The molecule has 0 amide bonds. The van der Waals surface area contributed by atoms with Crippen molar-refractivity contribution in [2.24, 2.45) is 0 Å². The lowest BCUT2D eigenvalue weighted by Gasteiger charge is -2.34. The molecule has 1 heterocycles. The lowest BCUT2D eigenvalue weighted by Crippen LogP contribution is -3.13. The highest BCUT2D eigenvalue weighted by molar-refractivity contribution is 5.53. The van der Waals surface area contributed by atoms with Gasteiger partial charge in [0.05, 0.1) is 26.2 Å². The second-order valence-corrected chi connectivity index (χ2v) is 5.69. The Morgan fingerprint density at radius 3 is 2.25 bits per heavy atom. The highest BCUT2D eigenvalue weighted by Crippen LogP contribution is 2.18. The van der Waals surface area contributed by atoms with Gasteiger partial charge < -0.3 is 9.80 Å². The number of nitrogens with one attached hydrogen (secondary N) is 1. The van der Waals surface area contributed by atoms with Crippen molar-refractivity contribution in [2.45, 2.75) is 13.5 Å². The summed E-state index contributed by atoms with van der Waals surface area (Å²) >= 11 is 0. The van der Waals surface area contributed by atoms with Crippen LogP contribution in [0.1, 0.15) is 11.1 Å². The van der Waals surface area contributed by atoms with Gasteiger partial charge in [0, 0.05) is 11.3 Å². The number of aryl methyl sites for hydroxylation is 1. The maximum Gasteiger partial charge on any atom is 0.103 e. The van der Waals surface area contributed by atoms with Crippen molar-refractivity contribution in [2.75, 3.05) is 31.1 Å². The summed E-state index contributed by atoms with van der Waals surface area (Å²) in [6, 6.07) is 19.6. The summed E-state index contributed by atoms with van der Waals surface area (Å²) in [4.78, 5) is 4.23. The van der Waals surface area contributed by atoms with Crippen LogP contribution >= 0.6 is 0 Å². The minimum absolute atomic E-state index is 1.16. The molecule has 2 aromatic rings. The van der Waals surface area contributed by atoms with Gasteiger partial charge in [0.1, 0.15) is 6.54 Å². The topological polar surface area (TPSA) is 7.68 Å². The molecule has 2 heteroatoms. The summed E-state index contributed by atoms with van der Waals surface area (Å²) in [5, 5.41) is 0. The first-order chi connectivity index (χ1) is 9.83. The molecule has 0 radical (unpaired) electrons. The Labute approximate surface area is 121 Å². The molecule has 20 heavy (non-hydrogen) atoms. The number of para-hydroxylation sites is 1. The zero-order valence-corrected chi connectivity index (χ0v) is 12.2. The van der Waals surface area contributed by atoms with Gasteiger partial charge in [0.15, 0.2) is 0 Å². The lowest BCUT2D eigenvalue weighted by molar-refractivity contribution is -0.914. The molecule has 1 aliphatic rings. The minimum atomic E-state index is 1.16. The number of rotatable bonds is 3. The van der Waals surface area contributed by atoms with E-state index in [1.807, 2.05) is 0 Å². The van der Waals surface area contributed by atoms with Crippen molar-refractivity contribution in [1.82, 2.24) is 0 Å². The molecule has 0 atom stereocenters. The van der Waals surface area contributed by atoms with Crippen LogP contribution in [0, 0.1) is 6.92 Å². The molecular formula is C18H23N2+. The highest BCUT2D eigenvalue weighted by atomic mass is 15.3. The van der Waals surface area contributed by atoms with Gasteiger partial charge in [-0.2, -0.15) is 0 Å². The van der Waals surface area contributed by atoms with Crippen LogP contribution in [0.5, 0.6) is 0 Å². The number of anilines is 1. The quantitative estimate of drug-likeness (QED) is 0.892. The third kappa shape index (κ3) is 3.02. The molecule has 0 unspecified atom stereocenters. The predicted molar refractivity (Wildman–Crippen MR) is 84.2 cm³/mol. The predicted octanol–water partition coefficient (Wildman–Crippen LogP) is 1.90. The summed E-state index contributed by atoms with van der Waals surface area (Å²) in [5.41, 5.74) is 4.25. The smallest absolute Gasteiger partial charge is 0.103 e. The van der Waals surface area contributed by atoms with Crippen molar-refractivity contribution in [3.63, 3.8) is 0 Å². The van der Waals surface area contributed by atoms with E-state index in [0.717, 1.165) is 19.6 Å². The summed E-state index contributed by atoms with van der Waals surface area (Å²) < 4.78 is 0. The molecule has 0 bridgehead atoms. The molecule has 3 rings (SSSR count). The molecule has 1 saturated heterocycles. The van der Waals surface area contributed by atoms with Gasteiger partial charge in [-0.1, -0.05) is 48.5 Å². The zero-order chi connectivity index (χ0) is 13.8. The van der Waals surface area contributed by atoms with Gasteiger partial charge in [-0.05, 0) is 18.6 Å². The van der Waals surface area contributed by atoms with E-state index in [1.165, 1.54) is 29.9 Å². The number of piperazine rings is 1. The first-order valence-corrected chi connectivity index (χ1v) is 7.51. The van der Waals surface area contributed by atoms with Crippen LogP contribution in [0.15, 0.2) is 54.6 Å². The Balaban J connectivity index is 1.59. The summed E-state index contributed by atoms with van der Waals surface area (Å²) in [6.07, 6.45) is 0. The van der Waals surface area contributed by atoms with E-state index in [-0.39, 0.29) is 0 Å². The lowest BCUT2D eigenvalue weighted by atomic mass is 10.1. The third-order valence-corrected chi connectivity index (χ3v) is 4.22. The van der Waals surface area contributed by atoms with Gasteiger partial charge in [-0.25, -0.2) is 0 Å². The molecule has 2 aromatic carbocycles. The normalized spacial score (nSPS) is 16.4. The second kappa shape index (κ2) is 6.10. The van der Waals surface area contributed by atoms with Crippen molar-refractivity contribution >= 4 is 5.69 Å². The van der Waals surface area contributed by atoms with Crippen molar-refractivity contribution in [3.8, 4) is 0 Å². The van der Waals surface area contributed by atoms with E-state index in [4.69, 9.17) is 0 Å². The van der Waals surface area contributed by atoms with E-state index < -0.39 is 0 Å². The molecule has 0 spiro atoms. The fourth-order valence-corrected chi connectivity index (χ4v) is 3.04. The fraction of sp³-hybridized carbons (Fsp3) is 0.333. The molecular weight excluding hydrogens is 244 g/mol. The van der Waals surface area contributed by atoms with Gasteiger partial charge >= 0.3 is 0 Å². The monoisotopic (exact) mass is 267 g/mol. The van der Waals surface area contributed by atoms with Crippen molar-refractivity contribution in [3.05, 3.63) is 65.7 Å². The average molecular weight is 267 g/mol. The maximum atomic E-state index is 2.53. The van der Waals surface area contributed by atoms with Crippen LogP contribution < -0.4 is 9.80 Å². The van der Waals surface area contributed by atoms with Crippen LogP contribution in [0.2, 0.25) is 0 Å². The van der Waals surface area contributed by atoms with E-state index in [0.29, 0.717) is 0 Å². The van der Waals surface area contributed by atoms with Crippen LogP contribution in [-0.2, 0) is 6.54 Å². The van der Waals surface area contributed by atoms with Gasteiger partial charge in [0.2, 0.25) is 0 Å². The average Bonchev–Trinajstić information content (AvgIpc) is 2.50. The van der Waals surface area contributed by atoms with Gasteiger partial charge in [-0.3, -0.25) is 0 Å². The maximum absolute atomic E-state index is 2.53. The molecule has 1 N–H and O–H groups in total. The number of quaternary nitrogens is 1. The molecule has 2 nitrogen and oxygen atoms in total. The molecule has 0 aliphatic carbocycles. The van der Waals surface area contributed by atoms with Crippen molar-refractivity contribution in [1.29, 1.82) is 0 Å². The zero-order valence-electron chi connectivity index (χ0n) is 12.2. The molecule has 0 aromatic heterocycles. The van der Waals surface area contributed by atoms with E-state index in [9.17, 15) is 0 Å². The second-order valence-electron chi connectivity index (χ2n) is 5.69. The van der Waals surface area contributed by atoms with Gasteiger partial charge in [-0.15, -0.1) is 0 Å². The van der Waals surface area contributed by atoms with Gasteiger partial charge in [0.25, 0.3) is 0 Å². The SMILES string of the molecule is Cc1ccccc1N1CC[NH+](Cc2ccccc2)CC1. The van der Waals surface area contributed by atoms with Crippen LogP contribution in [0.25, 0.3) is 0 Å². The molecule has 0 saturated carbocycles. The van der Waals surface area contributed by atoms with Crippen LogP contribution in [0.3, 0.4) is 0 Å². The Morgan fingerprint density at radius 2 is 1.55 bits per heavy atom. The summed E-state index contributed by atoms with van der Waals surface area (Å²) in [5.74, 6) is 0. The standard InChI is InChI=1S/C18H22N2/c1-16-7-5-6-10-18(16)20-13-11-19(12-14-20)15-17-8-3-2-4-9-17/h2-10H,11-15H2,1H3/p+1.